The van der Waals surface area contributed by atoms with E-state index in [1.54, 1.807) is 19.9 Å². The van der Waals surface area contributed by atoms with Crippen LogP contribution >= 0.6 is 0 Å². The zero-order valence-corrected chi connectivity index (χ0v) is 15.3. The number of aryl methyl sites for hydroxylation is 2. The molecular weight excluding hydrogens is 336 g/mol. The Labute approximate surface area is 148 Å². The van der Waals surface area contributed by atoms with E-state index in [9.17, 15) is 8.42 Å². The SMILES string of the molecule is Cc1nc(N2CCCC2)nc(C)c1NS(=O)(=O)/C=C/c1ccccc1. The predicted molar refractivity (Wildman–Crippen MR) is 101 cm³/mol. The number of nitrogens with zero attached hydrogens (tertiary/aromatic N) is 3. The van der Waals surface area contributed by atoms with Gasteiger partial charge in [0.05, 0.1) is 22.5 Å². The lowest BCUT2D eigenvalue weighted by atomic mass is 10.2. The normalized spacial score (nSPS) is 15.0. The van der Waals surface area contributed by atoms with Crippen LogP contribution in [0.2, 0.25) is 0 Å². The van der Waals surface area contributed by atoms with Crippen LogP contribution in [0.15, 0.2) is 35.7 Å². The minimum absolute atomic E-state index is 0.445. The van der Waals surface area contributed by atoms with Crippen LogP contribution in [0.4, 0.5) is 11.6 Å². The van der Waals surface area contributed by atoms with Gasteiger partial charge in [0.15, 0.2) is 0 Å². The van der Waals surface area contributed by atoms with Crippen molar-refractivity contribution in [1.82, 2.24) is 9.97 Å². The molecule has 1 aliphatic heterocycles. The molecule has 0 spiro atoms. The lowest BCUT2D eigenvalue weighted by molar-refractivity contribution is 0.609. The average Bonchev–Trinajstić information content (AvgIpc) is 3.12. The summed E-state index contributed by atoms with van der Waals surface area (Å²) in [6.45, 7) is 5.49. The number of rotatable bonds is 5. The summed E-state index contributed by atoms with van der Waals surface area (Å²) in [5.74, 6) is 0.676. The first kappa shape index (κ1) is 17.4. The second-order valence-corrected chi connectivity index (χ2v) is 7.69. The van der Waals surface area contributed by atoms with E-state index >= 15 is 0 Å². The molecule has 0 saturated carbocycles. The highest BCUT2D eigenvalue weighted by atomic mass is 32.2. The van der Waals surface area contributed by atoms with Crippen molar-refractivity contribution < 1.29 is 8.42 Å². The quantitative estimate of drug-likeness (QED) is 0.889. The highest BCUT2D eigenvalue weighted by Crippen LogP contribution is 2.24. The Balaban J connectivity index is 1.80. The van der Waals surface area contributed by atoms with E-state index in [0.29, 0.717) is 23.0 Å². The average molecular weight is 358 g/mol. The molecule has 1 N–H and O–H groups in total. The van der Waals surface area contributed by atoms with E-state index in [4.69, 9.17) is 0 Å². The smallest absolute Gasteiger partial charge is 0.255 e. The molecule has 6 nitrogen and oxygen atoms in total. The van der Waals surface area contributed by atoms with E-state index in [-0.39, 0.29) is 0 Å². The van der Waals surface area contributed by atoms with Crippen LogP contribution in [0.1, 0.15) is 29.8 Å². The molecule has 0 atom stereocenters. The van der Waals surface area contributed by atoms with Crippen molar-refractivity contribution in [3.63, 3.8) is 0 Å². The highest BCUT2D eigenvalue weighted by Gasteiger charge is 2.19. The highest BCUT2D eigenvalue weighted by molar-refractivity contribution is 7.95. The van der Waals surface area contributed by atoms with Gasteiger partial charge in [0.1, 0.15) is 0 Å². The topological polar surface area (TPSA) is 75.2 Å². The molecule has 1 saturated heterocycles. The maximum Gasteiger partial charge on any atom is 0.255 e. The third kappa shape index (κ3) is 4.36. The number of sulfonamides is 1. The van der Waals surface area contributed by atoms with Crippen LogP contribution in [0.25, 0.3) is 6.08 Å². The van der Waals surface area contributed by atoms with Crippen LogP contribution < -0.4 is 9.62 Å². The number of anilines is 2. The standard InChI is InChI=1S/C18H22N4O2S/c1-14-17(15(2)20-18(19-14)22-11-6-7-12-22)21-25(23,24)13-10-16-8-4-3-5-9-16/h3-5,8-10,13,21H,6-7,11-12H2,1-2H3/b13-10+. The van der Waals surface area contributed by atoms with E-state index in [0.717, 1.165) is 36.9 Å². The van der Waals surface area contributed by atoms with Gasteiger partial charge in [-0.3, -0.25) is 4.72 Å². The van der Waals surface area contributed by atoms with Gasteiger partial charge in [-0.25, -0.2) is 18.4 Å². The molecule has 7 heteroatoms. The number of nitrogens with one attached hydrogen (secondary N) is 1. The van der Waals surface area contributed by atoms with Crippen molar-refractivity contribution in [2.75, 3.05) is 22.7 Å². The molecule has 25 heavy (non-hydrogen) atoms. The van der Waals surface area contributed by atoms with Crippen molar-refractivity contribution in [3.8, 4) is 0 Å². The molecule has 0 aliphatic carbocycles. The van der Waals surface area contributed by atoms with Gasteiger partial charge in [0.2, 0.25) is 5.95 Å². The predicted octanol–water partition coefficient (Wildman–Crippen LogP) is 3.11. The first-order chi connectivity index (χ1) is 11.9. The summed E-state index contributed by atoms with van der Waals surface area (Å²) in [5.41, 5.74) is 2.53. The van der Waals surface area contributed by atoms with Crippen molar-refractivity contribution >= 4 is 27.7 Å². The minimum Gasteiger partial charge on any atom is -0.341 e. The van der Waals surface area contributed by atoms with Gasteiger partial charge in [-0.15, -0.1) is 0 Å². The van der Waals surface area contributed by atoms with E-state index in [1.165, 1.54) is 0 Å². The van der Waals surface area contributed by atoms with Gasteiger partial charge in [-0.2, -0.15) is 0 Å². The molecule has 0 bridgehead atoms. The van der Waals surface area contributed by atoms with Gasteiger partial charge in [0.25, 0.3) is 10.0 Å². The molecule has 2 aromatic rings. The monoisotopic (exact) mass is 358 g/mol. The zero-order valence-electron chi connectivity index (χ0n) is 14.4. The zero-order chi connectivity index (χ0) is 17.9. The largest absolute Gasteiger partial charge is 0.341 e. The van der Waals surface area contributed by atoms with Gasteiger partial charge < -0.3 is 4.90 Å². The number of hydrogen-bond acceptors (Lipinski definition) is 5. The van der Waals surface area contributed by atoms with Crippen molar-refractivity contribution in [1.29, 1.82) is 0 Å². The molecule has 132 valence electrons. The second-order valence-electron chi connectivity index (χ2n) is 6.12. The lowest BCUT2D eigenvalue weighted by Crippen LogP contribution is -2.22. The molecule has 1 aliphatic rings. The Morgan fingerprint density at radius 2 is 1.64 bits per heavy atom. The molecule has 2 heterocycles. The fourth-order valence-electron chi connectivity index (χ4n) is 2.81. The molecule has 1 aromatic heterocycles. The van der Waals surface area contributed by atoms with Gasteiger partial charge in [-0.05, 0) is 38.3 Å². The second kappa shape index (κ2) is 7.23. The van der Waals surface area contributed by atoms with Crippen LogP contribution in [-0.4, -0.2) is 31.5 Å². The fourth-order valence-corrected chi connectivity index (χ4v) is 3.80. The molecular formula is C18H22N4O2S. The number of benzene rings is 1. The molecule has 1 fully saturated rings. The Kier molecular flexibility index (Phi) is 5.03. The third-order valence-electron chi connectivity index (χ3n) is 4.13. The lowest BCUT2D eigenvalue weighted by Gasteiger charge is -2.18. The summed E-state index contributed by atoms with van der Waals surface area (Å²) in [5, 5.41) is 1.16. The van der Waals surface area contributed by atoms with Crippen molar-refractivity contribution in [2.24, 2.45) is 0 Å². The van der Waals surface area contributed by atoms with Crippen LogP contribution in [-0.2, 0) is 10.0 Å². The third-order valence-corrected chi connectivity index (χ3v) is 5.11. The van der Waals surface area contributed by atoms with Crippen LogP contribution in [0, 0.1) is 13.8 Å². The Bertz CT molecular complexity index is 850. The summed E-state index contributed by atoms with van der Waals surface area (Å²) < 4.78 is 27.3. The maximum absolute atomic E-state index is 12.4. The molecule has 1 aromatic carbocycles. The molecule has 0 unspecified atom stereocenters. The molecule has 0 amide bonds. The molecule has 3 rings (SSSR count). The summed E-state index contributed by atoms with van der Waals surface area (Å²) in [4.78, 5) is 11.1. The summed E-state index contributed by atoms with van der Waals surface area (Å²) in [6, 6.07) is 9.29. The Morgan fingerprint density at radius 3 is 2.24 bits per heavy atom. The number of aromatic nitrogens is 2. The maximum atomic E-state index is 12.4. The number of hydrogen-bond donors (Lipinski definition) is 1. The Morgan fingerprint density at radius 1 is 1.04 bits per heavy atom. The summed E-state index contributed by atoms with van der Waals surface area (Å²) >= 11 is 0. The van der Waals surface area contributed by atoms with Crippen LogP contribution in [0.5, 0.6) is 0 Å². The summed E-state index contributed by atoms with van der Waals surface area (Å²) in [6.07, 6.45) is 3.84. The summed E-state index contributed by atoms with van der Waals surface area (Å²) in [7, 11) is -3.63. The van der Waals surface area contributed by atoms with E-state index < -0.39 is 10.0 Å². The van der Waals surface area contributed by atoms with E-state index in [2.05, 4.69) is 19.6 Å². The minimum atomic E-state index is -3.63. The van der Waals surface area contributed by atoms with Crippen LogP contribution in [0.3, 0.4) is 0 Å². The first-order valence-electron chi connectivity index (χ1n) is 8.31. The van der Waals surface area contributed by atoms with Gasteiger partial charge in [0, 0.05) is 13.1 Å². The Hall–Kier alpha value is -2.41. The van der Waals surface area contributed by atoms with Crippen molar-refractivity contribution in [2.45, 2.75) is 26.7 Å². The fraction of sp³-hybridized carbons (Fsp3) is 0.333. The van der Waals surface area contributed by atoms with Gasteiger partial charge in [-0.1, -0.05) is 30.3 Å². The van der Waals surface area contributed by atoms with Crippen molar-refractivity contribution in [3.05, 3.63) is 52.7 Å². The van der Waals surface area contributed by atoms with Gasteiger partial charge >= 0.3 is 0 Å². The molecule has 0 radical (unpaired) electrons. The first-order valence-corrected chi connectivity index (χ1v) is 9.85. The van der Waals surface area contributed by atoms with E-state index in [1.807, 2.05) is 30.3 Å².